The van der Waals surface area contributed by atoms with Gasteiger partial charge in [0.1, 0.15) is 6.10 Å². The van der Waals surface area contributed by atoms with Gasteiger partial charge in [-0.1, -0.05) is 13.8 Å². The van der Waals surface area contributed by atoms with Crippen molar-refractivity contribution in [3.63, 3.8) is 0 Å². The van der Waals surface area contributed by atoms with Crippen LogP contribution < -0.4 is 0 Å². The monoisotopic (exact) mass is 185 g/mol. The van der Waals surface area contributed by atoms with Gasteiger partial charge in [-0.15, -0.1) is 0 Å². The molecule has 3 nitrogen and oxygen atoms in total. The number of amides is 1. The number of ether oxygens (including phenoxy) is 1. The lowest BCUT2D eigenvalue weighted by Crippen LogP contribution is -2.40. The average molecular weight is 185 g/mol. The Balaban J connectivity index is 2.75. The minimum absolute atomic E-state index is 0.0508. The van der Waals surface area contributed by atoms with E-state index in [2.05, 4.69) is 20.8 Å². The normalized spacial score (nSPS) is 28.8. The van der Waals surface area contributed by atoms with E-state index >= 15 is 0 Å². The number of nitrogens with zero attached hydrogens (tertiary/aromatic N) is 1. The number of carbonyl (C=O) groups excluding carboxylic acids is 1. The van der Waals surface area contributed by atoms with E-state index in [0.717, 1.165) is 0 Å². The molecule has 0 aromatic rings. The Morgan fingerprint density at radius 2 is 1.85 bits per heavy atom. The van der Waals surface area contributed by atoms with E-state index in [-0.39, 0.29) is 24.3 Å². The first-order valence-electron chi connectivity index (χ1n) is 4.94. The van der Waals surface area contributed by atoms with Gasteiger partial charge in [0.2, 0.25) is 0 Å². The molecular formula is C10H19NO2. The highest BCUT2D eigenvalue weighted by atomic mass is 16.6. The van der Waals surface area contributed by atoms with Gasteiger partial charge in [-0.3, -0.25) is 4.90 Å². The van der Waals surface area contributed by atoms with Crippen LogP contribution >= 0.6 is 0 Å². The van der Waals surface area contributed by atoms with Gasteiger partial charge in [0.05, 0.1) is 6.04 Å². The van der Waals surface area contributed by atoms with Crippen LogP contribution in [0.15, 0.2) is 0 Å². The second-order valence-corrected chi connectivity index (χ2v) is 4.33. The summed E-state index contributed by atoms with van der Waals surface area (Å²) in [7, 11) is 0. The standard InChI is InChI=1S/C10H19NO2/c1-6(2)9-8(5)11(7(3)4)10(12)13-9/h6-9H,1-5H3. The molecule has 1 aliphatic heterocycles. The third-order valence-corrected chi connectivity index (χ3v) is 2.58. The van der Waals surface area contributed by atoms with Gasteiger partial charge in [-0.05, 0) is 26.7 Å². The van der Waals surface area contributed by atoms with Gasteiger partial charge in [0.15, 0.2) is 0 Å². The Labute approximate surface area is 80.1 Å². The molecule has 0 aromatic carbocycles. The molecule has 0 N–H and O–H groups in total. The van der Waals surface area contributed by atoms with Gasteiger partial charge in [-0.2, -0.15) is 0 Å². The summed E-state index contributed by atoms with van der Waals surface area (Å²) in [4.78, 5) is 13.3. The molecule has 13 heavy (non-hydrogen) atoms. The average Bonchev–Trinajstić information content (AvgIpc) is 2.26. The van der Waals surface area contributed by atoms with Gasteiger partial charge in [-0.25, -0.2) is 4.79 Å². The molecule has 3 heteroatoms. The second-order valence-electron chi connectivity index (χ2n) is 4.33. The number of cyclic esters (lactones) is 1. The van der Waals surface area contributed by atoms with E-state index in [1.807, 2.05) is 18.7 Å². The van der Waals surface area contributed by atoms with E-state index in [4.69, 9.17) is 4.74 Å². The van der Waals surface area contributed by atoms with Crippen molar-refractivity contribution in [1.82, 2.24) is 4.90 Å². The lowest BCUT2D eigenvalue weighted by atomic mass is 10.0. The van der Waals surface area contributed by atoms with Gasteiger partial charge in [0.25, 0.3) is 0 Å². The maximum atomic E-state index is 11.4. The van der Waals surface area contributed by atoms with Crippen molar-refractivity contribution in [3.05, 3.63) is 0 Å². The molecule has 0 saturated carbocycles. The molecule has 0 radical (unpaired) electrons. The van der Waals surface area contributed by atoms with Crippen molar-refractivity contribution < 1.29 is 9.53 Å². The summed E-state index contributed by atoms with van der Waals surface area (Å²) >= 11 is 0. The Hall–Kier alpha value is -0.730. The number of hydrogen-bond donors (Lipinski definition) is 0. The van der Waals surface area contributed by atoms with Crippen LogP contribution in [0.4, 0.5) is 4.79 Å². The Morgan fingerprint density at radius 1 is 1.31 bits per heavy atom. The van der Waals surface area contributed by atoms with E-state index in [0.29, 0.717) is 5.92 Å². The highest BCUT2D eigenvalue weighted by Gasteiger charge is 2.41. The molecule has 0 bridgehead atoms. The molecule has 1 rings (SSSR count). The minimum atomic E-state index is -0.166. The van der Waals surface area contributed by atoms with Crippen molar-refractivity contribution in [3.8, 4) is 0 Å². The van der Waals surface area contributed by atoms with Crippen molar-refractivity contribution >= 4 is 6.09 Å². The number of rotatable bonds is 2. The van der Waals surface area contributed by atoms with Crippen LogP contribution in [0, 0.1) is 5.92 Å². The largest absolute Gasteiger partial charge is 0.444 e. The second kappa shape index (κ2) is 3.56. The van der Waals surface area contributed by atoms with Crippen molar-refractivity contribution in [1.29, 1.82) is 0 Å². The zero-order valence-electron chi connectivity index (χ0n) is 9.07. The summed E-state index contributed by atoms with van der Waals surface area (Å²) in [5, 5.41) is 0. The maximum Gasteiger partial charge on any atom is 0.410 e. The quantitative estimate of drug-likeness (QED) is 0.660. The van der Waals surface area contributed by atoms with Crippen LogP contribution in [-0.2, 0) is 4.74 Å². The highest BCUT2D eigenvalue weighted by molar-refractivity contribution is 5.71. The minimum Gasteiger partial charge on any atom is -0.444 e. The van der Waals surface area contributed by atoms with Crippen molar-refractivity contribution in [2.75, 3.05) is 0 Å². The summed E-state index contributed by atoms with van der Waals surface area (Å²) in [5.74, 6) is 0.391. The fourth-order valence-corrected chi connectivity index (χ4v) is 1.97. The first-order valence-corrected chi connectivity index (χ1v) is 4.94. The summed E-state index contributed by atoms with van der Waals surface area (Å²) in [6.45, 7) is 10.2. The molecule has 1 amide bonds. The Morgan fingerprint density at radius 3 is 2.08 bits per heavy atom. The topological polar surface area (TPSA) is 29.5 Å². The highest BCUT2D eigenvalue weighted by Crippen LogP contribution is 2.26. The van der Waals surface area contributed by atoms with Gasteiger partial charge >= 0.3 is 6.09 Å². The molecule has 1 heterocycles. The molecule has 1 fully saturated rings. The first-order chi connectivity index (χ1) is 5.95. The zero-order valence-corrected chi connectivity index (χ0v) is 9.07. The third-order valence-electron chi connectivity index (χ3n) is 2.58. The molecule has 76 valence electrons. The molecular weight excluding hydrogens is 166 g/mol. The number of carbonyl (C=O) groups is 1. The SMILES string of the molecule is CC(C)C1OC(=O)N(C(C)C)C1C. The lowest BCUT2D eigenvalue weighted by Gasteiger charge is -2.25. The number of hydrogen-bond acceptors (Lipinski definition) is 2. The van der Waals surface area contributed by atoms with Crippen LogP contribution in [0.1, 0.15) is 34.6 Å². The lowest BCUT2D eigenvalue weighted by molar-refractivity contribution is 0.104. The molecule has 0 spiro atoms. The van der Waals surface area contributed by atoms with E-state index in [9.17, 15) is 4.79 Å². The Bertz CT molecular complexity index is 201. The van der Waals surface area contributed by atoms with Crippen LogP contribution in [0.3, 0.4) is 0 Å². The van der Waals surface area contributed by atoms with Gasteiger partial charge < -0.3 is 4.74 Å². The van der Waals surface area contributed by atoms with E-state index in [1.54, 1.807) is 0 Å². The summed E-state index contributed by atoms with van der Waals surface area (Å²) < 4.78 is 5.30. The summed E-state index contributed by atoms with van der Waals surface area (Å²) in [6, 6.07) is 0.429. The summed E-state index contributed by atoms with van der Waals surface area (Å²) in [6.07, 6.45) is -0.115. The molecule has 1 aliphatic rings. The predicted molar refractivity (Wildman–Crippen MR) is 51.5 cm³/mol. The molecule has 0 aliphatic carbocycles. The van der Waals surface area contributed by atoms with Crippen LogP contribution in [0.2, 0.25) is 0 Å². The van der Waals surface area contributed by atoms with E-state index in [1.165, 1.54) is 0 Å². The van der Waals surface area contributed by atoms with E-state index < -0.39 is 0 Å². The molecule has 2 unspecified atom stereocenters. The molecule has 1 saturated heterocycles. The molecule has 0 aromatic heterocycles. The van der Waals surface area contributed by atoms with Crippen LogP contribution in [0.5, 0.6) is 0 Å². The summed E-state index contributed by atoms with van der Waals surface area (Å²) in [5.41, 5.74) is 0. The maximum absolute atomic E-state index is 11.4. The molecule has 2 atom stereocenters. The fourth-order valence-electron chi connectivity index (χ4n) is 1.97. The third kappa shape index (κ3) is 1.79. The zero-order chi connectivity index (χ0) is 10.2. The van der Waals surface area contributed by atoms with Gasteiger partial charge in [0, 0.05) is 6.04 Å². The van der Waals surface area contributed by atoms with Crippen molar-refractivity contribution in [2.24, 2.45) is 5.92 Å². The van der Waals surface area contributed by atoms with Crippen LogP contribution in [0.25, 0.3) is 0 Å². The first kappa shape index (κ1) is 10.4. The fraction of sp³-hybridized carbons (Fsp3) is 0.900. The Kier molecular flexibility index (Phi) is 2.84. The van der Waals surface area contributed by atoms with Crippen molar-refractivity contribution in [2.45, 2.75) is 52.8 Å². The van der Waals surface area contributed by atoms with Crippen LogP contribution in [-0.4, -0.2) is 29.2 Å². The predicted octanol–water partition coefficient (Wildman–Crippen LogP) is 2.26. The smallest absolute Gasteiger partial charge is 0.410 e.